The molecule has 0 amide bonds. The summed E-state index contributed by atoms with van der Waals surface area (Å²) in [5, 5.41) is 0. The van der Waals surface area contributed by atoms with Crippen LogP contribution in [0, 0.1) is 0 Å². The fourth-order valence-corrected chi connectivity index (χ4v) is 0.613. The average Bonchev–Trinajstić information content (AvgIpc) is 1.87. The minimum absolute atomic E-state index is 0.313. The van der Waals surface area contributed by atoms with Crippen LogP contribution < -0.4 is 0 Å². The summed E-state index contributed by atoms with van der Waals surface area (Å²) in [6.45, 7) is 2.18. The topological polar surface area (TPSA) is 26.3 Å². The summed E-state index contributed by atoms with van der Waals surface area (Å²) in [4.78, 5) is 10.6. The molecule has 4 heteroatoms. The second-order valence-electron chi connectivity index (χ2n) is 1.18. The molecule has 0 aromatic heterocycles. The van der Waals surface area contributed by atoms with Gasteiger partial charge in [-0.25, -0.2) is 4.79 Å². The molecule has 0 N–H and O–H groups in total. The zero-order chi connectivity index (χ0) is 7.28. The maximum atomic E-state index is 10.6. The highest BCUT2D eigenvalue weighted by atomic mass is 127. The second kappa shape index (κ2) is 5.22. The van der Waals surface area contributed by atoms with Crippen LogP contribution in [0.4, 0.5) is 0 Å². The zero-order valence-corrected chi connectivity index (χ0v) is 8.60. The van der Waals surface area contributed by atoms with E-state index in [1.54, 1.807) is 11.0 Å². The number of halogens is 2. The van der Waals surface area contributed by atoms with Gasteiger partial charge in [-0.1, -0.05) is 22.6 Å². The fraction of sp³-hybridized carbons (Fsp3) is 0.400. The third-order valence-electron chi connectivity index (χ3n) is 0.566. The van der Waals surface area contributed by atoms with Gasteiger partial charge in [-0.3, -0.25) is 0 Å². The lowest BCUT2D eigenvalue weighted by Gasteiger charge is -1.96. The number of esters is 1. The van der Waals surface area contributed by atoms with Crippen LogP contribution in [-0.4, -0.2) is 12.6 Å². The van der Waals surface area contributed by atoms with Crippen molar-refractivity contribution in [2.24, 2.45) is 0 Å². The van der Waals surface area contributed by atoms with Gasteiger partial charge in [0, 0.05) is 0 Å². The number of ether oxygens (including phenoxy) is 1. The zero-order valence-electron chi connectivity index (χ0n) is 4.86. The molecule has 0 saturated carbocycles. The van der Waals surface area contributed by atoms with E-state index in [1.165, 1.54) is 0 Å². The molecule has 0 bridgehead atoms. The van der Waals surface area contributed by atoms with E-state index in [0.717, 1.165) is 0 Å². The van der Waals surface area contributed by atoms with Crippen molar-refractivity contribution in [2.75, 3.05) is 6.61 Å². The predicted molar refractivity (Wildman–Crippen MR) is 47.7 cm³/mol. The Hall–Kier alpha value is 0.420. The number of carbonyl (C=O) groups is 1. The summed E-state index contributed by atoms with van der Waals surface area (Å²) in [6.07, 6.45) is 0. The summed E-state index contributed by atoms with van der Waals surface area (Å²) >= 11 is 4.98. The molecule has 9 heavy (non-hydrogen) atoms. The monoisotopic (exact) mass is 304 g/mol. The molecule has 0 aliphatic heterocycles. The number of hydrogen-bond acceptors (Lipinski definition) is 2. The molecule has 0 atom stereocenters. The van der Waals surface area contributed by atoms with Crippen LogP contribution in [0.5, 0.6) is 0 Å². The molecule has 0 aromatic carbocycles. The first kappa shape index (κ1) is 9.42. The molecule has 52 valence electrons. The van der Waals surface area contributed by atoms with Gasteiger partial charge in [0.2, 0.25) is 0 Å². The van der Waals surface area contributed by atoms with Crippen molar-refractivity contribution in [2.45, 2.75) is 6.92 Å². The Bertz CT molecular complexity index is 133. The Balaban J connectivity index is 3.74. The van der Waals surface area contributed by atoms with Crippen molar-refractivity contribution in [1.29, 1.82) is 0 Å². The minimum atomic E-state index is -0.313. The first-order chi connectivity index (χ1) is 4.22. The first-order valence-electron chi connectivity index (χ1n) is 2.35. The Morgan fingerprint density at radius 2 is 2.44 bits per heavy atom. The quantitative estimate of drug-likeness (QED) is 0.444. The van der Waals surface area contributed by atoms with Crippen LogP contribution >= 0.6 is 38.5 Å². The van der Waals surface area contributed by atoms with E-state index >= 15 is 0 Å². The van der Waals surface area contributed by atoms with E-state index in [4.69, 9.17) is 0 Å². The average molecular weight is 305 g/mol. The molecule has 0 saturated heterocycles. The first-order valence-corrected chi connectivity index (χ1v) is 4.39. The molecular weight excluding hydrogens is 299 g/mol. The van der Waals surface area contributed by atoms with Crippen molar-refractivity contribution in [3.63, 3.8) is 0 Å². The Labute approximate surface area is 75.9 Å². The van der Waals surface area contributed by atoms with Crippen molar-refractivity contribution in [3.05, 3.63) is 8.57 Å². The van der Waals surface area contributed by atoms with Crippen LogP contribution in [0.1, 0.15) is 6.92 Å². The number of carbonyl (C=O) groups excluding carboxylic acids is 1. The number of hydrogen-bond donors (Lipinski definition) is 0. The van der Waals surface area contributed by atoms with E-state index < -0.39 is 0 Å². The molecule has 0 aromatic rings. The Morgan fingerprint density at radius 3 is 2.78 bits per heavy atom. The lowest BCUT2D eigenvalue weighted by molar-refractivity contribution is -0.137. The normalized spacial score (nSPS) is 11.2. The molecule has 0 aliphatic rings. The highest BCUT2D eigenvalue weighted by Crippen LogP contribution is 2.09. The Kier molecular flexibility index (Phi) is 5.47. The summed E-state index contributed by atoms with van der Waals surface area (Å²) in [6, 6.07) is 0. The van der Waals surface area contributed by atoms with Crippen molar-refractivity contribution < 1.29 is 9.53 Å². The summed E-state index contributed by atoms with van der Waals surface area (Å²) < 4.78 is 6.72. The van der Waals surface area contributed by atoms with E-state index in [2.05, 4.69) is 20.7 Å². The van der Waals surface area contributed by atoms with E-state index in [9.17, 15) is 4.79 Å². The maximum Gasteiger partial charge on any atom is 0.345 e. The van der Waals surface area contributed by atoms with Crippen LogP contribution in [-0.2, 0) is 9.53 Å². The van der Waals surface area contributed by atoms with Crippen molar-refractivity contribution >= 4 is 44.5 Å². The van der Waals surface area contributed by atoms with Crippen LogP contribution in [0.3, 0.4) is 0 Å². The second-order valence-corrected chi connectivity index (χ2v) is 2.65. The van der Waals surface area contributed by atoms with Crippen molar-refractivity contribution in [3.8, 4) is 0 Å². The van der Waals surface area contributed by atoms with Crippen molar-refractivity contribution in [1.82, 2.24) is 0 Å². The summed E-state index contributed by atoms with van der Waals surface area (Å²) in [7, 11) is 0. The van der Waals surface area contributed by atoms with Crippen LogP contribution in [0.15, 0.2) is 8.57 Å². The lowest BCUT2D eigenvalue weighted by atomic mass is 10.6. The minimum Gasteiger partial charge on any atom is -0.462 e. The number of rotatable bonds is 2. The highest BCUT2D eigenvalue weighted by Gasteiger charge is 2.03. The highest BCUT2D eigenvalue weighted by molar-refractivity contribution is 14.1. The van der Waals surface area contributed by atoms with Gasteiger partial charge in [0.15, 0.2) is 0 Å². The molecule has 0 radical (unpaired) electrons. The molecule has 0 rings (SSSR count). The molecule has 0 spiro atoms. The lowest BCUT2D eigenvalue weighted by Crippen LogP contribution is -2.02. The third-order valence-corrected chi connectivity index (χ3v) is 2.60. The van der Waals surface area contributed by atoms with Gasteiger partial charge in [-0.2, -0.15) is 0 Å². The van der Waals surface area contributed by atoms with Gasteiger partial charge in [-0.05, 0) is 26.9 Å². The largest absolute Gasteiger partial charge is 0.462 e. The standard InChI is InChI=1S/C5H6BrIO2/c1-2-9-5(8)4(6)3-7/h3H,2H2,1H3/b4-3-. The van der Waals surface area contributed by atoms with E-state index in [-0.39, 0.29) is 5.97 Å². The van der Waals surface area contributed by atoms with E-state index in [1.807, 2.05) is 22.6 Å². The van der Waals surface area contributed by atoms with Gasteiger partial charge in [0.1, 0.15) is 4.48 Å². The maximum absolute atomic E-state index is 10.6. The molecular formula is C5H6BrIO2. The SMILES string of the molecule is CCOC(=O)/C(Br)=C/I. The van der Waals surface area contributed by atoms with Gasteiger partial charge in [0.25, 0.3) is 0 Å². The van der Waals surface area contributed by atoms with Gasteiger partial charge in [-0.15, -0.1) is 0 Å². The fourth-order valence-electron chi connectivity index (χ4n) is 0.245. The molecule has 0 unspecified atom stereocenters. The Morgan fingerprint density at radius 1 is 1.89 bits per heavy atom. The van der Waals surface area contributed by atoms with Gasteiger partial charge < -0.3 is 4.74 Å². The summed E-state index contributed by atoms with van der Waals surface area (Å²) in [5.41, 5.74) is 0. The smallest absolute Gasteiger partial charge is 0.345 e. The predicted octanol–water partition coefficient (Wildman–Crippen LogP) is 2.22. The van der Waals surface area contributed by atoms with E-state index in [0.29, 0.717) is 11.1 Å². The molecule has 0 heterocycles. The van der Waals surface area contributed by atoms with Gasteiger partial charge >= 0.3 is 5.97 Å². The molecule has 2 nitrogen and oxygen atoms in total. The molecule has 0 fully saturated rings. The van der Waals surface area contributed by atoms with Crippen LogP contribution in [0.25, 0.3) is 0 Å². The van der Waals surface area contributed by atoms with Gasteiger partial charge in [0.05, 0.1) is 6.61 Å². The molecule has 0 aliphatic carbocycles. The van der Waals surface area contributed by atoms with Crippen LogP contribution in [0.2, 0.25) is 0 Å². The summed E-state index contributed by atoms with van der Waals surface area (Å²) in [5.74, 6) is -0.313. The third kappa shape index (κ3) is 3.91.